The van der Waals surface area contributed by atoms with Gasteiger partial charge in [0.2, 0.25) is 0 Å². The Balaban J connectivity index is 2.65. The number of carbonyl (C=O) groups is 1. The fourth-order valence-electron chi connectivity index (χ4n) is 0.870. The smallest absolute Gasteiger partial charge is 0.336 e. The summed E-state index contributed by atoms with van der Waals surface area (Å²) in [5.41, 5.74) is 0.993. The van der Waals surface area contributed by atoms with Crippen molar-refractivity contribution in [3.63, 3.8) is 0 Å². The predicted molar refractivity (Wildman–Crippen MR) is 35.7 cm³/mol. The van der Waals surface area contributed by atoms with Crippen molar-refractivity contribution < 1.29 is 14.6 Å². The lowest BCUT2D eigenvalue weighted by Crippen LogP contribution is -2.19. The summed E-state index contributed by atoms with van der Waals surface area (Å²) in [6, 6.07) is 0. The first kappa shape index (κ1) is 7.28. The Bertz CT molecular complexity index is 183. The molecule has 0 saturated carbocycles. The molecule has 1 N–H and O–H groups in total. The number of rotatable bonds is 1. The van der Waals surface area contributed by atoms with Gasteiger partial charge in [0.15, 0.2) is 6.10 Å². The van der Waals surface area contributed by atoms with Crippen LogP contribution in [0.5, 0.6) is 0 Å². The molecule has 1 rings (SSSR count). The third kappa shape index (κ3) is 1.19. The second kappa shape index (κ2) is 2.42. The predicted octanol–water partition coefficient (Wildman–Crippen LogP) is 0.805. The Morgan fingerprint density at radius 1 is 1.80 bits per heavy atom. The molecule has 3 nitrogen and oxygen atoms in total. The Hall–Kier alpha value is -0.830. The topological polar surface area (TPSA) is 46.5 Å². The Kier molecular flexibility index (Phi) is 1.76. The van der Waals surface area contributed by atoms with Crippen molar-refractivity contribution in [1.29, 1.82) is 0 Å². The molecule has 56 valence electrons. The van der Waals surface area contributed by atoms with Crippen molar-refractivity contribution in [2.45, 2.75) is 26.1 Å². The van der Waals surface area contributed by atoms with Crippen molar-refractivity contribution in [3.05, 3.63) is 11.6 Å². The average Bonchev–Trinajstić information content (AvgIpc) is 2.13. The number of ether oxygens (including phenoxy) is 1. The van der Waals surface area contributed by atoms with Gasteiger partial charge in [0.25, 0.3) is 0 Å². The van der Waals surface area contributed by atoms with Crippen LogP contribution in [0.15, 0.2) is 11.6 Å². The second-order valence-electron chi connectivity index (χ2n) is 2.45. The van der Waals surface area contributed by atoms with Gasteiger partial charge in [-0.1, -0.05) is 0 Å². The third-order valence-corrected chi connectivity index (χ3v) is 1.65. The van der Waals surface area contributed by atoms with Crippen LogP contribution < -0.4 is 0 Å². The first-order valence-electron chi connectivity index (χ1n) is 3.18. The molecule has 0 radical (unpaired) electrons. The fraction of sp³-hybridized carbons (Fsp3) is 0.571. The van der Waals surface area contributed by atoms with Gasteiger partial charge >= 0.3 is 5.97 Å². The molecule has 10 heavy (non-hydrogen) atoms. The van der Waals surface area contributed by atoms with E-state index in [4.69, 9.17) is 9.84 Å². The highest BCUT2D eigenvalue weighted by Gasteiger charge is 2.25. The SMILES string of the molecule is CC1=CC(C(=O)O)OC1C. The molecule has 3 heteroatoms. The van der Waals surface area contributed by atoms with E-state index in [1.165, 1.54) is 0 Å². The molecule has 0 aromatic rings. The largest absolute Gasteiger partial charge is 0.479 e. The summed E-state index contributed by atoms with van der Waals surface area (Å²) in [5, 5.41) is 8.48. The lowest BCUT2D eigenvalue weighted by molar-refractivity contribution is -0.147. The van der Waals surface area contributed by atoms with E-state index in [1.807, 2.05) is 13.8 Å². The van der Waals surface area contributed by atoms with Gasteiger partial charge in [-0.2, -0.15) is 0 Å². The van der Waals surface area contributed by atoms with Crippen molar-refractivity contribution in [3.8, 4) is 0 Å². The lowest BCUT2D eigenvalue weighted by Gasteiger charge is -2.05. The van der Waals surface area contributed by atoms with Crippen molar-refractivity contribution in [2.75, 3.05) is 0 Å². The molecular formula is C7H10O3. The maximum absolute atomic E-state index is 10.3. The van der Waals surface area contributed by atoms with Crippen LogP contribution in [0.2, 0.25) is 0 Å². The molecule has 1 heterocycles. The van der Waals surface area contributed by atoms with Crippen LogP contribution in [0.4, 0.5) is 0 Å². The molecule has 0 amide bonds. The van der Waals surface area contributed by atoms with E-state index in [2.05, 4.69) is 0 Å². The van der Waals surface area contributed by atoms with Gasteiger partial charge < -0.3 is 9.84 Å². The molecule has 0 saturated heterocycles. The molecule has 0 aromatic carbocycles. The van der Waals surface area contributed by atoms with Crippen LogP contribution in [-0.4, -0.2) is 23.3 Å². The van der Waals surface area contributed by atoms with Crippen LogP contribution in [0, 0.1) is 0 Å². The molecule has 0 fully saturated rings. The van der Waals surface area contributed by atoms with Gasteiger partial charge in [0.05, 0.1) is 6.10 Å². The molecule has 0 bridgehead atoms. The van der Waals surface area contributed by atoms with Gasteiger partial charge in [0, 0.05) is 0 Å². The van der Waals surface area contributed by atoms with Crippen LogP contribution >= 0.6 is 0 Å². The van der Waals surface area contributed by atoms with Crippen molar-refractivity contribution in [2.24, 2.45) is 0 Å². The monoisotopic (exact) mass is 142 g/mol. The van der Waals surface area contributed by atoms with E-state index in [-0.39, 0.29) is 6.10 Å². The van der Waals surface area contributed by atoms with Gasteiger partial charge in [-0.25, -0.2) is 4.79 Å². The zero-order valence-electron chi connectivity index (χ0n) is 6.00. The second-order valence-corrected chi connectivity index (χ2v) is 2.45. The number of hydrogen-bond acceptors (Lipinski definition) is 2. The van der Waals surface area contributed by atoms with Gasteiger partial charge in [-0.05, 0) is 25.5 Å². The van der Waals surface area contributed by atoms with Crippen LogP contribution in [-0.2, 0) is 9.53 Å². The van der Waals surface area contributed by atoms with E-state index in [0.29, 0.717) is 0 Å². The molecule has 1 aliphatic heterocycles. The van der Waals surface area contributed by atoms with E-state index >= 15 is 0 Å². The number of carboxylic acids is 1. The number of carboxylic acid groups (broad SMARTS) is 1. The fourth-order valence-corrected chi connectivity index (χ4v) is 0.870. The molecular weight excluding hydrogens is 132 g/mol. The summed E-state index contributed by atoms with van der Waals surface area (Å²) in [5.74, 6) is -0.913. The van der Waals surface area contributed by atoms with E-state index in [1.54, 1.807) is 6.08 Å². The van der Waals surface area contributed by atoms with E-state index in [9.17, 15) is 4.79 Å². The third-order valence-electron chi connectivity index (χ3n) is 1.65. The molecule has 2 atom stereocenters. The van der Waals surface area contributed by atoms with Gasteiger partial charge in [0.1, 0.15) is 0 Å². The van der Waals surface area contributed by atoms with Crippen LogP contribution in [0.1, 0.15) is 13.8 Å². The average molecular weight is 142 g/mol. The minimum absolute atomic E-state index is 0.0406. The summed E-state index contributed by atoms with van der Waals surface area (Å²) in [6.45, 7) is 3.71. The van der Waals surface area contributed by atoms with Crippen molar-refractivity contribution >= 4 is 5.97 Å². The molecule has 0 aromatic heterocycles. The standard InChI is InChI=1S/C7H10O3/c1-4-3-6(7(8)9)10-5(4)2/h3,5-6H,1-2H3,(H,8,9). The van der Waals surface area contributed by atoms with Gasteiger partial charge in [-0.3, -0.25) is 0 Å². The summed E-state index contributed by atoms with van der Waals surface area (Å²) in [4.78, 5) is 10.3. The number of aliphatic carboxylic acids is 1. The normalized spacial score (nSPS) is 32.0. The van der Waals surface area contributed by atoms with E-state index in [0.717, 1.165) is 5.57 Å². The molecule has 0 spiro atoms. The Labute approximate surface area is 59.3 Å². The highest BCUT2D eigenvalue weighted by atomic mass is 16.5. The highest BCUT2D eigenvalue weighted by molar-refractivity contribution is 5.75. The summed E-state index contributed by atoms with van der Waals surface area (Å²) in [7, 11) is 0. The highest BCUT2D eigenvalue weighted by Crippen LogP contribution is 2.18. The quantitative estimate of drug-likeness (QED) is 0.551. The lowest BCUT2D eigenvalue weighted by atomic mass is 10.2. The summed E-state index contributed by atoms with van der Waals surface area (Å²) >= 11 is 0. The Morgan fingerprint density at radius 3 is 2.60 bits per heavy atom. The van der Waals surface area contributed by atoms with Crippen LogP contribution in [0.3, 0.4) is 0 Å². The van der Waals surface area contributed by atoms with Crippen LogP contribution in [0.25, 0.3) is 0 Å². The minimum Gasteiger partial charge on any atom is -0.479 e. The zero-order chi connectivity index (χ0) is 7.72. The summed E-state index contributed by atoms with van der Waals surface area (Å²) < 4.78 is 5.04. The maximum Gasteiger partial charge on any atom is 0.336 e. The van der Waals surface area contributed by atoms with Gasteiger partial charge in [-0.15, -0.1) is 0 Å². The Morgan fingerprint density at radius 2 is 2.40 bits per heavy atom. The molecule has 1 aliphatic rings. The molecule has 2 unspecified atom stereocenters. The minimum atomic E-state index is -0.913. The first-order valence-corrected chi connectivity index (χ1v) is 3.18. The van der Waals surface area contributed by atoms with Crippen molar-refractivity contribution in [1.82, 2.24) is 0 Å². The maximum atomic E-state index is 10.3. The molecule has 0 aliphatic carbocycles. The first-order chi connectivity index (χ1) is 4.61. The number of hydrogen-bond donors (Lipinski definition) is 1. The zero-order valence-corrected chi connectivity index (χ0v) is 6.00. The summed E-state index contributed by atoms with van der Waals surface area (Å²) in [6.07, 6.45) is 0.864. The van der Waals surface area contributed by atoms with E-state index < -0.39 is 12.1 Å².